The van der Waals surface area contributed by atoms with Crippen LogP contribution in [0.1, 0.15) is 23.5 Å². The Morgan fingerprint density at radius 3 is 1.81 bits per heavy atom. The number of hydrogen-bond acceptors (Lipinski definition) is 2. The average Bonchev–Trinajstić information content (AvgIpc) is 2.65. The van der Waals surface area contributed by atoms with Crippen LogP contribution in [0.3, 0.4) is 0 Å². The lowest BCUT2D eigenvalue weighted by Gasteiger charge is -2.17. The van der Waals surface area contributed by atoms with Gasteiger partial charge in [0.25, 0.3) is 0 Å². The van der Waals surface area contributed by atoms with E-state index in [0.717, 1.165) is 11.1 Å². The second-order valence-corrected chi connectivity index (χ2v) is 6.97. The highest BCUT2D eigenvalue weighted by molar-refractivity contribution is 6.43. The average molecular weight is 406 g/mol. The smallest absolute Gasteiger partial charge is 0.312 e. The summed E-state index contributed by atoms with van der Waals surface area (Å²) in [6, 6.07) is 22.6. The fourth-order valence-electron chi connectivity index (χ4n) is 2.71. The fraction of sp³-hybridized carbons (Fsp3) is 0.0952. The van der Waals surface area contributed by atoms with Crippen molar-refractivity contribution in [1.82, 2.24) is 0 Å². The van der Waals surface area contributed by atoms with Crippen LogP contribution in [0.5, 0.6) is 5.75 Å². The first-order chi connectivity index (χ1) is 12.5. The zero-order valence-corrected chi connectivity index (χ0v) is 15.9. The molecular formula is C21H15Cl3O2. The largest absolute Gasteiger partial charge is 0.425 e. The lowest BCUT2D eigenvalue weighted by molar-refractivity contribution is -0.134. The highest BCUT2D eigenvalue weighted by Gasteiger charge is 2.20. The Bertz CT molecular complexity index is 856. The maximum atomic E-state index is 12.6. The first-order valence-electron chi connectivity index (χ1n) is 7.99. The van der Waals surface area contributed by atoms with Crippen molar-refractivity contribution in [2.45, 2.75) is 12.3 Å². The minimum absolute atomic E-state index is 0.119. The first kappa shape index (κ1) is 18.8. The van der Waals surface area contributed by atoms with Crippen LogP contribution in [0, 0.1) is 0 Å². The summed E-state index contributed by atoms with van der Waals surface area (Å²) in [4.78, 5) is 12.6. The fourth-order valence-corrected chi connectivity index (χ4v) is 3.29. The van der Waals surface area contributed by atoms with E-state index in [2.05, 4.69) is 0 Å². The molecule has 0 aliphatic carbocycles. The molecule has 3 rings (SSSR count). The molecule has 0 aliphatic rings. The van der Waals surface area contributed by atoms with E-state index in [1.54, 1.807) is 0 Å². The number of benzene rings is 3. The molecule has 3 aromatic rings. The minimum atomic E-state index is -0.400. The molecule has 0 bridgehead atoms. The summed E-state index contributed by atoms with van der Waals surface area (Å²) in [6.07, 6.45) is 0.171. The Labute approximate surface area is 167 Å². The number of rotatable bonds is 5. The van der Waals surface area contributed by atoms with Gasteiger partial charge in [0.15, 0.2) is 5.75 Å². The molecule has 5 heteroatoms. The predicted octanol–water partition coefficient (Wildman–Crippen LogP) is 6.77. The molecule has 0 saturated heterocycles. The molecule has 26 heavy (non-hydrogen) atoms. The van der Waals surface area contributed by atoms with Gasteiger partial charge in [0.2, 0.25) is 0 Å². The molecule has 3 aromatic carbocycles. The standard InChI is InChI=1S/C21H15Cl3O2/c22-17-12-19(24)20(13-18(17)23)26-21(25)11-16(14-7-3-1-4-8-14)15-9-5-2-6-10-15/h1-10,12-13,16H,11H2. The summed E-state index contributed by atoms with van der Waals surface area (Å²) in [6.45, 7) is 0. The van der Waals surface area contributed by atoms with E-state index in [9.17, 15) is 4.79 Å². The number of ether oxygens (including phenoxy) is 1. The molecule has 0 atom stereocenters. The molecule has 0 unspecified atom stereocenters. The van der Waals surface area contributed by atoms with Gasteiger partial charge in [-0.3, -0.25) is 4.79 Å². The van der Waals surface area contributed by atoms with Gasteiger partial charge in [0, 0.05) is 12.0 Å². The predicted molar refractivity (Wildman–Crippen MR) is 106 cm³/mol. The Balaban J connectivity index is 1.83. The first-order valence-corrected chi connectivity index (χ1v) is 9.13. The number of hydrogen-bond donors (Lipinski definition) is 0. The van der Waals surface area contributed by atoms with Crippen LogP contribution < -0.4 is 4.74 Å². The Morgan fingerprint density at radius 1 is 0.769 bits per heavy atom. The Morgan fingerprint density at radius 2 is 1.27 bits per heavy atom. The zero-order valence-electron chi connectivity index (χ0n) is 13.7. The monoisotopic (exact) mass is 404 g/mol. The van der Waals surface area contributed by atoms with Gasteiger partial charge in [0.1, 0.15) is 0 Å². The quantitative estimate of drug-likeness (QED) is 0.266. The molecule has 0 amide bonds. The van der Waals surface area contributed by atoms with Crippen molar-refractivity contribution in [2.24, 2.45) is 0 Å². The van der Waals surface area contributed by atoms with E-state index < -0.39 is 5.97 Å². The zero-order chi connectivity index (χ0) is 18.5. The van der Waals surface area contributed by atoms with Crippen LogP contribution in [0.25, 0.3) is 0 Å². The topological polar surface area (TPSA) is 26.3 Å². The van der Waals surface area contributed by atoms with Gasteiger partial charge in [-0.25, -0.2) is 0 Å². The van der Waals surface area contributed by atoms with Crippen LogP contribution in [0.15, 0.2) is 72.8 Å². The molecule has 132 valence electrons. The van der Waals surface area contributed by atoms with Gasteiger partial charge in [-0.2, -0.15) is 0 Å². The summed E-state index contributed by atoms with van der Waals surface area (Å²) in [5.74, 6) is -0.319. The molecular weight excluding hydrogens is 391 g/mol. The summed E-state index contributed by atoms with van der Waals surface area (Å²) < 4.78 is 5.44. The maximum absolute atomic E-state index is 12.6. The SMILES string of the molecule is O=C(CC(c1ccccc1)c1ccccc1)Oc1cc(Cl)c(Cl)cc1Cl. The van der Waals surface area contributed by atoms with Crippen LogP contribution in [-0.4, -0.2) is 5.97 Å². The van der Waals surface area contributed by atoms with Crippen molar-refractivity contribution >= 4 is 40.8 Å². The third-order valence-corrected chi connectivity index (χ3v) is 4.99. The highest BCUT2D eigenvalue weighted by atomic mass is 35.5. The molecule has 0 saturated carbocycles. The van der Waals surface area contributed by atoms with E-state index in [1.807, 2.05) is 60.7 Å². The number of esters is 1. The normalized spacial score (nSPS) is 10.8. The van der Waals surface area contributed by atoms with E-state index in [1.165, 1.54) is 12.1 Å². The molecule has 0 aromatic heterocycles. The van der Waals surface area contributed by atoms with Gasteiger partial charge in [-0.15, -0.1) is 0 Å². The van der Waals surface area contributed by atoms with Gasteiger partial charge in [-0.05, 0) is 17.2 Å². The molecule has 2 nitrogen and oxygen atoms in total. The third kappa shape index (κ3) is 4.59. The molecule has 0 N–H and O–H groups in total. The van der Waals surface area contributed by atoms with E-state index in [-0.39, 0.29) is 28.1 Å². The molecule has 0 fully saturated rings. The lowest BCUT2D eigenvalue weighted by Crippen LogP contribution is -2.14. The lowest BCUT2D eigenvalue weighted by atomic mass is 9.89. The summed E-state index contributed by atoms with van der Waals surface area (Å²) >= 11 is 18.0. The van der Waals surface area contributed by atoms with E-state index in [0.29, 0.717) is 5.02 Å². The number of carbonyl (C=O) groups is 1. The van der Waals surface area contributed by atoms with Crippen LogP contribution >= 0.6 is 34.8 Å². The van der Waals surface area contributed by atoms with Gasteiger partial charge < -0.3 is 4.74 Å². The van der Waals surface area contributed by atoms with Crippen molar-refractivity contribution in [1.29, 1.82) is 0 Å². The van der Waals surface area contributed by atoms with Gasteiger partial charge in [-0.1, -0.05) is 95.5 Å². The molecule has 0 radical (unpaired) electrons. The van der Waals surface area contributed by atoms with Crippen molar-refractivity contribution in [3.05, 3.63) is 99.0 Å². The van der Waals surface area contributed by atoms with Crippen molar-refractivity contribution in [3.8, 4) is 5.75 Å². The van der Waals surface area contributed by atoms with Gasteiger partial charge in [0.05, 0.1) is 21.5 Å². The summed E-state index contributed by atoms with van der Waals surface area (Å²) in [5.41, 5.74) is 2.08. The molecule has 0 aliphatic heterocycles. The van der Waals surface area contributed by atoms with Crippen molar-refractivity contribution in [3.63, 3.8) is 0 Å². The highest BCUT2D eigenvalue weighted by Crippen LogP contribution is 2.35. The Kier molecular flexibility index (Phi) is 6.20. The van der Waals surface area contributed by atoms with Crippen molar-refractivity contribution in [2.75, 3.05) is 0 Å². The minimum Gasteiger partial charge on any atom is -0.425 e. The van der Waals surface area contributed by atoms with Crippen LogP contribution in [0.4, 0.5) is 0 Å². The van der Waals surface area contributed by atoms with Gasteiger partial charge >= 0.3 is 5.97 Å². The van der Waals surface area contributed by atoms with E-state index in [4.69, 9.17) is 39.5 Å². The molecule has 0 heterocycles. The second kappa shape index (κ2) is 8.59. The molecule has 0 spiro atoms. The van der Waals surface area contributed by atoms with Crippen LogP contribution in [0.2, 0.25) is 15.1 Å². The van der Waals surface area contributed by atoms with Crippen molar-refractivity contribution < 1.29 is 9.53 Å². The summed E-state index contributed by atoms with van der Waals surface area (Å²) in [7, 11) is 0. The number of carbonyl (C=O) groups excluding carboxylic acids is 1. The van der Waals surface area contributed by atoms with Crippen LogP contribution in [-0.2, 0) is 4.79 Å². The van der Waals surface area contributed by atoms with E-state index >= 15 is 0 Å². The Hall–Kier alpha value is -2.00. The number of halogens is 3. The third-order valence-electron chi connectivity index (χ3n) is 3.97. The maximum Gasteiger partial charge on any atom is 0.312 e. The summed E-state index contributed by atoms with van der Waals surface area (Å²) in [5, 5.41) is 0.827. The second-order valence-electron chi connectivity index (χ2n) is 5.75.